The van der Waals surface area contributed by atoms with Crippen LogP contribution in [0.5, 0.6) is 0 Å². The lowest BCUT2D eigenvalue weighted by Crippen LogP contribution is -2.19. The lowest BCUT2D eigenvalue weighted by Gasteiger charge is -2.13. The normalized spacial score (nSPS) is 10.9. The molecule has 0 aliphatic rings. The molecule has 0 unspecified atom stereocenters. The summed E-state index contributed by atoms with van der Waals surface area (Å²) in [7, 11) is 0. The van der Waals surface area contributed by atoms with Crippen molar-refractivity contribution in [1.82, 2.24) is 19.9 Å². The van der Waals surface area contributed by atoms with Gasteiger partial charge in [0.05, 0.1) is 29.7 Å². The van der Waals surface area contributed by atoms with E-state index in [0.29, 0.717) is 31.0 Å². The van der Waals surface area contributed by atoms with E-state index in [0.717, 1.165) is 22.7 Å². The second kappa shape index (κ2) is 8.79. The molecule has 0 saturated carbocycles. The van der Waals surface area contributed by atoms with E-state index in [1.807, 2.05) is 11.5 Å². The number of allylic oxidation sites excluding steroid dienone is 1. The highest BCUT2D eigenvalue weighted by molar-refractivity contribution is 5.87. The Labute approximate surface area is 168 Å². The van der Waals surface area contributed by atoms with Crippen molar-refractivity contribution in [2.45, 2.75) is 33.5 Å². The molecule has 3 rings (SSSR count). The number of aromatic carboxylic acids is 1. The Bertz CT molecular complexity index is 1040. The van der Waals surface area contributed by atoms with Crippen molar-refractivity contribution in [1.29, 1.82) is 0 Å². The average Bonchev–Trinajstić information content (AvgIpc) is 3.06. The van der Waals surface area contributed by atoms with Crippen LogP contribution in [-0.4, -0.2) is 25.6 Å². The summed E-state index contributed by atoms with van der Waals surface area (Å²) in [6, 6.07) is 9.48. The highest BCUT2D eigenvalue weighted by Crippen LogP contribution is 2.17. The van der Waals surface area contributed by atoms with Crippen molar-refractivity contribution in [2.75, 3.05) is 0 Å². The average molecular weight is 394 g/mol. The highest BCUT2D eigenvalue weighted by atomic mass is 19.1. The third-order valence-corrected chi connectivity index (χ3v) is 4.47. The first-order valence-electron chi connectivity index (χ1n) is 9.20. The molecule has 0 radical (unpaired) electrons. The van der Waals surface area contributed by atoms with E-state index in [2.05, 4.69) is 21.9 Å². The summed E-state index contributed by atoms with van der Waals surface area (Å²) in [5.74, 6) is -0.441. The predicted molar refractivity (Wildman–Crippen MR) is 109 cm³/mol. The van der Waals surface area contributed by atoms with Gasteiger partial charge >= 0.3 is 5.97 Å². The molecule has 2 aromatic heterocycles. The Kier molecular flexibility index (Phi) is 6.19. The zero-order chi connectivity index (χ0) is 21.0. The number of pyridine rings is 1. The monoisotopic (exact) mass is 394 g/mol. The van der Waals surface area contributed by atoms with Crippen LogP contribution in [0.3, 0.4) is 0 Å². The number of carboxylic acids is 1. The Morgan fingerprint density at radius 2 is 1.97 bits per heavy atom. The number of hydrogen-bond donors (Lipinski definition) is 2. The second-order valence-electron chi connectivity index (χ2n) is 6.95. The molecule has 3 aromatic rings. The third-order valence-electron chi connectivity index (χ3n) is 4.47. The largest absolute Gasteiger partial charge is 0.478 e. The van der Waals surface area contributed by atoms with Crippen molar-refractivity contribution < 1.29 is 14.3 Å². The lowest BCUT2D eigenvalue weighted by atomic mass is 10.2. The van der Waals surface area contributed by atoms with E-state index in [1.165, 1.54) is 12.1 Å². The molecule has 150 valence electrons. The van der Waals surface area contributed by atoms with Crippen molar-refractivity contribution in [3.63, 3.8) is 0 Å². The number of nitrogens with one attached hydrogen (secondary N) is 1. The minimum absolute atomic E-state index is 0.219. The summed E-state index contributed by atoms with van der Waals surface area (Å²) in [5.41, 5.74) is 4.28. The minimum atomic E-state index is -0.974. The van der Waals surface area contributed by atoms with Crippen LogP contribution in [0.25, 0.3) is 5.57 Å². The van der Waals surface area contributed by atoms with E-state index >= 15 is 0 Å². The van der Waals surface area contributed by atoms with Gasteiger partial charge in [0.2, 0.25) is 0 Å². The Morgan fingerprint density at radius 1 is 1.24 bits per heavy atom. The zero-order valence-corrected chi connectivity index (χ0v) is 16.4. The molecule has 0 aliphatic heterocycles. The fourth-order valence-corrected chi connectivity index (χ4v) is 3.10. The summed E-state index contributed by atoms with van der Waals surface area (Å²) in [6.07, 6.45) is 1.77. The molecular formula is C22H23FN4O2. The summed E-state index contributed by atoms with van der Waals surface area (Å²) < 4.78 is 15.2. The van der Waals surface area contributed by atoms with Crippen LogP contribution in [0.2, 0.25) is 0 Å². The number of rotatable bonds is 8. The Morgan fingerprint density at radius 3 is 2.62 bits per heavy atom. The molecule has 0 amide bonds. The molecule has 0 bridgehead atoms. The van der Waals surface area contributed by atoms with Gasteiger partial charge in [0.15, 0.2) is 0 Å². The van der Waals surface area contributed by atoms with Gasteiger partial charge in [0.25, 0.3) is 0 Å². The number of imidazole rings is 1. The molecule has 7 heteroatoms. The second-order valence-corrected chi connectivity index (χ2v) is 6.95. The van der Waals surface area contributed by atoms with E-state index in [1.54, 1.807) is 37.4 Å². The summed E-state index contributed by atoms with van der Waals surface area (Å²) in [6.45, 7) is 9.12. The Hall–Kier alpha value is -3.32. The van der Waals surface area contributed by atoms with Gasteiger partial charge in [-0.05, 0) is 49.2 Å². The van der Waals surface area contributed by atoms with Crippen molar-refractivity contribution in [3.05, 3.63) is 89.0 Å². The molecule has 29 heavy (non-hydrogen) atoms. The fraction of sp³-hybridized carbons (Fsp3) is 0.227. The molecule has 6 nitrogen and oxygen atoms in total. The number of aryl methyl sites for hydroxylation is 1. The van der Waals surface area contributed by atoms with Crippen LogP contribution < -0.4 is 5.32 Å². The number of nitrogens with zero attached hydrogens (tertiary/aromatic N) is 3. The van der Waals surface area contributed by atoms with Crippen LogP contribution in [0, 0.1) is 12.7 Å². The van der Waals surface area contributed by atoms with E-state index in [4.69, 9.17) is 0 Å². The minimum Gasteiger partial charge on any atom is -0.478 e. The number of halogens is 1. The SMILES string of the molecule is C=C(C)c1cnc(CNCc2cc(C(=O)O)cc(C)n2)n1Cc1ccc(F)cc1. The molecule has 1 aromatic carbocycles. The van der Waals surface area contributed by atoms with Gasteiger partial charge in [-0.25, -0.2) is 14.2 Å². The van der Waals surface area contributed by atoms with Gasteiger partial charge in [0, 0.05) is 18.8 Å². The standard InChI is InChI=1S/C22H23FN4O2/c1-14(2)20-11-25-21(27(20)13-16-4-6-18(23)7-5-16)12-24-10-19-9-17(22(28)29)8-15(3)26-19/h4-9,11,24H,1,10,12-13H2,2-3H3,(H,28,29). The fourth-order valence-electron chi connectivity index (χ4n) is 3.10. The number of benzene rings is 1. The molecular weight excluding hydrogens is 371 g/mol. The van der Waals surface area contributed by atoms with Gasteiger partial charge in [-0.2, -0.15) is 0 Å². The van der Waals surface area contributed by atoms with Gasteiger partial charge in [-0.3, -0.25) is 4.98 Å². The summed E-state index contributed by atoms with van der Waals surface area (Å²) >= 11 is 0. The van der Waals surface area contributed by atoms with E-state index < -0.39 is 5.97 Å². The third kappa shape index (κ3) is 5.14. The van der Waals surface area contributed by atoms with Gasteiger partial charge in [-0.1, -0.05) is 18.7 Å². The van der Waals surface area contributed by atoms with Crippen molar-refractivity contribution in [3.8, 4) is 0 Å². The van der Waals surface area contributed by atoms with E-state index in [9.17, 15) is 14.3 Å². The Balaban J connectivity index is 1.75. The molecule has 2 heterocycles. The number of hydrogen-bond acceptors (Lipinski definition) is 4. The molecule has 0 saturated heterocycles. The van der Waals surface area contributed by atoms with Crippen LogP contribution >= 0.6 is 0 Å². The lowest BCUT2D eigenvalue weighted by molar-refractivity contribution is 0.0696. The summed E-state index contributed by atoms with van der Waals surface area (Å²) in [4.78, 5) is 20.1. The van der Waals surface area contributed by atoms with Crippen LogP contribution in [-0.2, 0) is 19.6 Å². The number of aromatic nitrogens is 3. The zero-order valence-electron chi connectivity index (χ0n) is 16.4. The maximum atomic E-state index is 13.2. The van der Waals surface area contributed by atoms with Crippen LogP contribution in [0.15, 0.2) is 49.2 Å². The first-order valence-corrected chi connectivity index (χ1v) is 9.20. The molecule has 2 N–H and O–H groups in total. The first kappa shape index (κ1) is 20.4. The molecule has 0 fully saturated rings. The van der Waals surface area contributed by atoms with Crippen molar-refractivity contribution in [2.24, 2.45) is 0 Å². The van der Waals surface area contributed by atoms with Crippen molar-refractivity contribution >= 4 is 11.5 Å². The number of carbonyl (C=O) groups is 1. The molecule has 0 aliphatic carbocycles. The molecule has 0 spiro atoms. The smallest absolute Gasteiger partial charge is 0.335 e. The van der Waals surface area contributed by atoms with E-state index in [-0.39, 0.29) is 11.4 Å². The maximum Gasteiger partial charge on any atom is 0.335 e. The van der Waals surface area contributed by atoms with Gasteiger partial charge < -0.3 is 15.0 Å². The highest BCUT2D eigenvalue weighted by Gasteiger charge is 2.12. The van der Waals surface area contributed by atoms with Crippen LogP contribution in [0.1, 0.15) is 45.8 Å². The maximum absolute atomic E-state index is 13.2. The van der Waals surface area contributed by atoms with Gasteiger partial charge in [0.1, 0.15) is 11.6 Å². The molecule has 0 atom stereocenters. The summed E-state index contributed by atoms with van der Waals surface area (Å²) in [5, 5.41) is 12.5. The van der Waals surface area contributed by atoms with Gasteiger partial charge in [-0.15, -0.1) is 0 Å². The van der Waals surface area contributed by atoms with Crippen LogP contribution in [0.4, 0.5) is 4.39 Å². The predicted octanol–water partition coefficient (Wildman–Crippen LogP) is 3.80. The first-order chi connectivity index (χ1) is 13.8. The number of carboxylic acid groups (broad SMARTS) is 1. The quantitative estimate of drug-likeness (QED) is 0.608. The topological polar surface area (TPSA) is 80.0 Å².